The van der Waals surface area contributed by atoms with Crippen LogP contribution in [-0.2, 0) is 4.79 Å². The van der Waals surface area contributed by atoms with Gasteiger partial charge in [0.15, 0.2) is 0 Å². The van der Waals surface area contributed by atoms with E-state index in [2.05, 4.69) is 13.8 Å². The highest BCUT2D eigenvalue weighted by molar-refractivity contribution is 5.71. The maximum absolute atomic E-state index is 10.2. The number of allylic oxidation sites excluding steroid dienone is 2. The van der Waals surface area contributed by atoms with Crippen molar-refractivity contribution in [3.63, 3.8) is 0 Å². The fraction of sp³-hybridized carbons (Fsp3) is 0.700. The largest absolute Gasteiger partial charge is 0.298 e. The molecular formula is C10H18O. The maximum Gasteiger partial charge on any atom is 0.145 e. The van der Waals surface area contributed by atoms with Crippen LogP contribution in [-0.4, -0.2) is 6.29 Å². The molecule has 1 nitrogen and oxygen atoms in total. The van der Waals surface area contributed by atoms with Crippen molar-refractivity contribution in [2.45, 2.75) is 40.0 Å². The third kappa shape index (κ3) is 7.31. The Labute approximate surface area is 69.5 Å². The van der Waals surface area contributed by atoms with Crippen molar-refractivity contribution in [2.75, 3.05) is 0 Å². The first-order valence-electron chi connectivity index (χ1n) is 4.28. The van der Waals surface area contributed by atoms with Crippen molar-refractivity contribution in [2.24, 2.45) is 5.92 Å². The van der Waals surface area contributed by atoms with Gasteiger partial charge >= 0.3 is 0 Å². The lowest BCUT2D eigenvalue weighted by atomic mass is 10.1. The predicted octanol–water partition coefficient (Wildman–Crippen LogP) is 2.96. The van der Waals surface area contributed by atoms with Gasteiger partial charge in [0, 0.05) is 0 Å². The van der Waals surface area contributed by atoms with Crippen LogP contribution in [0.25, 0.3) is 0 Å². The van der Waals surface area contributed by atoms with Crippen LogP contribution < -0.4 is 0 Å². The minimum absolute atomic E-state index is 0.778. The molecule has 0 bridgehead atoms. The summed E-state index contributed by atoms with van der Waals surface area (Å²) in [5.41, 5.74) is 0.855. The molecule has 0 aliphatic carbocycles. The van der Waals surface area contributed by atoms with Crippen molar-refractivity contribution >= 4 is 6.29 Å². The first-order chi connectivity index (χ1) is 5.16. The van der Waals surface area contributed by atoms with Gasteiger partial charge in [0.05, 0.1) is 0 Å². The number of hydrogen-bond acceptors (Lipinski definition) is 1. The molecular weight excluding hydrogens is 136 g/mol. The van der Waals surface area contributed by atoms with E-state index in [9.17, 15) is 4.79 Å². The summed E-state index contributed by atoms with van der Waals surface area (Å²) in [5, 5.41) is 0. The summed E-state index contributed by atoms with van der Waals surface area (Å²) >= 11 is 0. The van der Waals surface area contributed by atoms with E-state index in [1.807, 2.05) is 13.0 Å². The van der Waals surface area contributed by atoms with Gasteiger partial charge in [0.1, 0.15) is 6.29 Å². The molecule has 0 aliphatic heterocycles. The fourth-order valence-corrected chi connectivity index (χ4v) is 0.904. The summed E-state index contributed by atoms with van der Waals surface area (Å²) in [6.07, 6.45) is 6.42. The number of carbonyl (C=O) groups is 1. The Morgan fingerprint density at radius 1 is 1.45 bits per heavy atom. The summed E-state index contributed by atoms with van der Waals surface area (Å²) in [6, 6.07) is 0. The Hall–Kier alpha value is -0.590. The molecule has 0 heterocycles. The highest BCUT2D eigenvalue weighted by Gasteiger charge is 1.91. The molecule has 0 amide bonds. The van der Waals surface area contributed by atoms with Crippen LogP contribution >= 0.6 is 0 Å². The predicted molar refractivity (Wildman–Crippen MR) is 48.5 cm³/mol. The van der Waals surface area contributed by atoms with Crippen LogP contribution in [0.2, 0.25) is 0 Å². The van der Waals surface area contributed by atoms with Gasteiger partial charge in [-0.3, -0.25) is 4.79 Å². The van der Waals surface area contributed by atoms with Gasteiger partial charge < -0.3 is 0 Å². The molecule has 0 aromatic heterocycles. The fourth-order valence-electron chi connectivity index (χ4n) is 0.904. The molecule has 0 radical (unpaired) electrons. The maximum atomic E-state index is 10.2. The molecule has 0 rings (SSSR count). The Morgan fingerprint density at radius 3 is 2.55 bits per heavy atom. The molecule has 0 aromatic carbocycles. The molecule has 0 atom stereocenters. The molecule has 1 heteroatoms. The molecule has 0 aliphatic rings. The Morgan fingerprint density at radius 2 is 2.09 bits per heavy atom. The van der Waals surface area contributed by atoms with Gasteiger partial charge in [-0.2, -0.15) is 0 Å². The van der Waals surface area contributed by atoms with E-state index < -0.39 is 0 Å². The zero-order valence-electron chi connectivity index (χ0n) is 7.76. The number of carbonyl (C=O) groups excluding carboxylic acids is 1. The Balaban J connectivity index is 3.33. The van der Waals surface area contributed by atoms with Gasteiger partial charge in [-0.15, -0.1) is 0 Å². The number of hydrogen-bond donors (Lipinski definition) is 0. The summed E-state index contributed by atoms with van der Waals surface area (Å²) in [7, 11) is 0. The highest BCUT2D eigenvalue weighted by Crippen LogP contribution is 2.07. The standard InChI is InChI=1S/C10H18O/c1-9(2)6-4-5-7-10(3)8-11/h7-9H,4-6H2,1-3H3. The summed E-state index contributed by atoms with van der Waals surface area (Å²) in [5.74, 6) is 0.778. The third-order valence-electron chi connectivity index (χ3n) is 1.64. The van der Waals surface area contributed by atoms with Crippen LogP contribution in [0, 0.1) is 5.92 Å². The monoisotopic (exact) mass is 154 g/mol. The van der Waals surface area contributed by atoms with Crippen LogP contribution in [0.4, 0.5) is 0 Å². The smallest absolute Gasteiger partial charge is 0.145 e. The average molecular weight is 154 g/mol. The van der Waals surface area contributed by atoms with Crippen molar-refractivity contribution in [1.29, 1.82) is 0 Å². The lowest BCUT2D eigenvalue weighted by Crippen LogP contribution is -1.86. The van der Waals surface area contributed by atoms with Crippen LogP contribution in [0.15, 0.2) is 11.6 Å². The zero-order chi connectivity index (χ0) is 8.69. The molecule has 0 fully saturated rings. The van der Waals surface area contributed by atoms with Gasteiger partial charge in [0.2, 0.25) is 0 Å². The van der Waals surface area contributed by atoms with Crippen LogP contribution in [0.1, 0.15) is 40.0 Å². The molecule has 0 aromatic rings. The van der Waals surface area contributed by atoms with E-state index >= 15 is 0 Å². The van der Waals surface area contributed by atoms with Gasteiger partial charge in [-0.05, 0) is 31.3 Å². The second-order valence-electron chi connectivity index (χ2n) is 3.39. The molecule has 11 heavy (non-hydrogen) atoms. The van der Waals surface area contributed by atoms with Gasteiger partial charge in [-0.1, -0.05) is 26.3 Å². The van der Waals surface area contributed by atoms with Crippen molar-refractivity contribution in [1.82, 2.24) is 0 Å². The summed E-state index contributed by atoms with van der Waals surface area (Å²) in [6.45, 7) is 6.29. The molecule has 0 N–H and O–H groups in total. The van der Waals surface area contributed by atoms with E-state index in [-0.39, 0.29) is 0 Å². The molecule has 0 unspecified atom stereocenters. The third-order valence-corrected chi connectivity index (χ3v) is 1.64. The molecule has 0 saturated heterocycles. The van der Waals surface area contributed by atoms with Gasteiger partial charge in [0.25, 0.3) is 0 Å². The highest BCUT2D eigenvalue weighted by atomic mass is 16.1. The second-order valence-corrected chi connectivity index (χ2v) is 3.39. The first-order valence-corrected chi connectivity index (χ1v) is 4.28. The van der Waals surface area contributed by atoms with Crippen LogP contribution in [0.3, 0.4) is 0 Å². The first kappa shape index (κ1) is 10.4. The van der Waals surface area contributed by atoms with E-state index in [1.54, 1.807) is 0 Å². The quantitative estimate of drug-likeness (QED) is 0.338. The van der Waals surface area contributed by atoms with E-state index in [4.69, 9.17) is 0 Å². The van der Waals surface area contributed by atoms with E-state index in [1.165, 1.54) is 12.8 Å². The Kier molecular flexibility index (Phi) is 5.81. The SMILES string of the molecule is CC(C=O)=CCCCC(C)C. The number of unbranched alkanes of at least 4 members (excludes halogenated alkanes) is 1. The normalized spacial score (nSPS) is 12.2. The molecule has 64 valence electrons. The lowest BCUT2D eigenvalue weighted by Gasteiger charge is -2.00. The Bertz CT molecular complexity index is 134. The second kappa shape index (κ2) is 6.14. The zero-order valence-corrected chi connectivity index (χ0v) is 7.76. The average Bonchev–Trinajstić information content (AvgIpc) is 1.97. The lowest BCUT2D eigenvalue weighted by molar-refractivity contribution is -0.104. The molecule has 0 saturated carbocycles. The van der Waals surface area contributed by atoms with Crippen LogP contribution in [0.5, 0.6) is 0 Å². The minimum Gasteiger partial charge on any atom is -0.298 e. The summed E-state index contributed by atoms with van der Waals surface area (Å²) in [4.78, 5) is 10.2. The topological polar surface area (TPSA) is 17.1 Å². The van der Waals surface area contributed by atoms with Crippen molar-refractivity contribution in [3.05, 3.63) is 11.6 Å². The summed E-state index contributed by atoms with van der Waals surface area (Å²) < 4.78 is 0. The van der Waals surface area contributed by atoms with Crippen molar-refractivity contribution < 1.29 is 4.79 Å². The van der Waals surface area contributed by atoms with E-state index in [0.717, 1.165) is 24.2 Å². The minimum atomic E-state index is 0.778. The van der Waals surface area contributed by atoms with Gasteiger partial charge in [-0.25, -0.2) is 0 Å². The van der Waals surface area contributed by atoms with E-state index in [0.29, 0.717) is 0 Å². The molecule has 0 spiro atoms. The number of aldehydes is 1. The van der Waals surface area contributed by atoms with Crippen molar-refractivity contribution in [3.8, 4) is 0 Å². The number of rotatable bonds is 5.